The van der Waals surface area contributed by atoms with Gasteiger partial charge in [0.05, 0.1) is 18.2 Å². The van der Waals surface area contributed by atoms with E-state index in [9.17, 15) is 9.59 Å². The third-order valence-electron chi connectivity index (χ3n) is 4.62. The molecule has 3 rings (SSSR count). The van der Waals surface area contributed by atoms with Crippen LogP contribution in [-0.4, -0.2) is 45.5 Å². The molecular weight excluding hydrogens is 324 g/mol. The zero-order chi connectivity index (χ0) is 17.3. The van der Waals surface area contributed by atoms with Crippen LogP contribution >= 0.6 is 11.3 Å². The van der Waals surface area contributed by atoms with Crippen LogP contribution in [0.1, 0.15) is 30.0 Å². The van der Waals surface area contributed by atoms with Crippen LogP contribution in [0, 0.1) is 5.92 Å². The van der Waals surface area contributed by atoms with Gasteiger partial charge in [0, 0.05) is 45.9 Å². The number of aromatic nitrogens is 2. The molecular formula is C17H22N4O2S. The third-order valence-corrected chi connectivity index (χ3v) is 5.35. The number of rotatable bonds is 4. The molecule has 0 radical (unpaired) electrons. The van der Waals surface area contributed by atoms with Gasteiger partial charge in [0.15, 0.2) is 0 Å². The molecule has 2 unspecified atom stereocenters. The molecule has 1 aliphatic rings. The first-order chi connectivity index (χ1) is 11.5. The van der Waals surface area contributed by atoms with Gasteiger partial charge in [-0.2, -0.15) is 16.4 Å². The zero-order valence-electron chi connectivity index (χ0n) is 14.2. The summed E-state index contributed by atoms with van der Waals surface area (Å²) in [6.45, 7) is 0.594. The lowest BCUT2D eigenvalue weighted by Gasteiger charge is -2.39. The van der Waals surface area contributed by atoms with E-state index in [0.29, 0.717) is 19.4 Å². The summed E-state index contributed by atoms with van der Waals surface area (Å²) in [4.78, 5) is 28.6. The number of carbonyl (C=O) groups excluding carboxylic acids is 2. The predicted octanol–water partition coefficient (Wildman–Crippen LogP) is 2.05. The molecule has 0 saturated carbocycles. The summed E-state index contributed by atoms with van der Waals surface area (Å²) >= 11 is 1.63. The van der Waals surface area contributed by atoms with Gasteiger partial charge < -0.3 is 9.80 Å². The maximum Gasteiger partial charge on any atom is 0.228 e. The van der Waals surface area contributed by atoms with Crippen LogP contribution in [0.3, 0.4) is 0 Å². The summed E-state index contributed by atoms with van der Waals surface area (Å²) in [5.74, 6) is -0.0803. The largest absolute Gasteiger partial charge is 0.341 e. The summed E-state index contributed by atoms with van der Waals surface area (Å²) in [5.41, 5.74) is 2.05. The lowest BCUT2D eigenvalue weighted by Crippen LogP contribution is -2.46. The SMILES string of the molecule is CN(Cc1ccsc1)C(=O)C1CCC(=O)N(C)C1c1cnn(C)c1. The lowest BCUT2D eigenvalue weighted by molar-refractivity contribution is -0.146. The van der Waals surface area contributed by atoms with Crippen LogP contribution in [0.4, 0.5) is 0 Å². The van der Waals surface area contributed by atoms with Crippen molar-refractivity contribution in [2.24, 2.45) is 13.0 Å². The van der Waals surface area contributed by atoms with Gasteiger partial charge >= 0.3 is 0 Å². The lowest BCUT2D eigenvalue weighted by atomic mass is 9.84. The number of carbonyl (C=O) groups is 2. The Bertz CT molecular complexity index is 725. The molecule has 3 heterocycles. The van der Waals surface area contributed by atoms with Crippen molar-refractivity contribution >= 4 is 23.2 Å². The summed E-state index contributed by atoms with van der Waals surface area (Å²) in [7, 11) is 5.45. The topological polar surface area (TPSA) is 58.4 Å². The number of piperidine rings is 1. The second kappa shape index (κ2) is 6.76. The monoisotopic (exact) mass is 346 g/mol. The fourth-order valence-corrected chi connectivity index (χ4v) is 4.02. The number of hydrogen-bond acceptors (Lipinski definition) is 4. The van der Waals surface area contributed by atoms with Crippen molar-refractivity contribution in [3.63, 3.8) is 0 Å². The third kappa shape index (κ3) is 3.21. The molecule has 1 fully saturated rings. The first-order valence-electron chi connectivity index (χ1n) is 7.97. The van der Waals surface area contributed by atoms with E-state index >= 15 is 0 Å². The van der Waals surface area contributed by atoms with E-state index in [4.69, 9.17) is 0 Å². The maximum atomic E-state index is 13.0. The zero-order valence-corrected chi connectivity index (χ0v) is 15.0. The Morgan fingerprint density at radius 1 is 1.46 bits per heavy atom. The van der Waals surface area contributed by atoms with E-state index in [0.717, 1.165) is 11.1 Å². The molecule has 2 atom stereocenters. The standard InChI is InChI=1S/C17H22N4O2S/c1-19(9-12-6-7-24-11-12)17(23)14-4-5-15(22)21(3)16(14)13-8-18-20(2)10-13/h6-8,10-11,14,16H,4-5,9H2,1-3H3. The number of aryl methyl sites for hydroxylation is 1. The van der Waals surface area contributed by atoms with E-state index in [1.807, 2.05) is 31.7 Å². The molecule has 1 aliphatic heterocycles. The Kier molecular flexibility index (Phi) is 4.71. The van der Waals surface area contributed by atoms with Crippen molar-refractivity contribution in [3.05, 3.63) is 40.3 Å². The highest BCUT2D eigenvalue weighted by molar-refractivity contribution is 7.07. The maximum absolute atomic E-state index is 13.0. The molecule has 1 saturated heterocycles. The first kappa shape index (κ1) is 16.7. The molecule has 7 heteroatoms. The Morgan fingerprint density at radius 2 is 2.25 bits per heavy atom. The van der Waals surface area contributed by atoms with E-state index in [-0.39, 0.29) is 23.8 Å². The van der Waals surface area contributed by atoms with E-state index < -0.39 is 0 Å². The van der Waals surface area contributed by atoms with E-state index in [1.165, 1.54) is 0 Å². The van der Waals surface area contributed by atoms with Gasteiger partial charge in [-0.05, 0) is 28.8 Å². The van der Waals surface area contributed by atoms with Gasteiger partial charge in [-0.15, -0.1) is 0 Å². The molecule has 0 aliphatic carbocycles. The second-order valence-corrected chi connectivity index (χ2v) is 7.15. The summed E-state index contributed by atoms with van der Waals surface area (Å²) in [6, 6.07) is 1.78. The molecule has 2 amide bonds. The van der Waals surface area contributed by atoms with Gasteiger partial charge in [-0.25, -0.2) is 0 Å². The smallest absolute Gasteiger partial charge is 0.228 e. The van der Waals surface area contributed by atoms with Crippen LogP contribution in [0.2, 0.25) is 0 Å². The van der Waals surface area contributed by atoms with Crippen molar-refractivity contribution in [1.82, 2.24) is 19.6 Å². The van der Waals surface area contributed by atoms with E-state index in [1.54, 1.807) is 39.1 Å². The average molecular weight is 346 g/mol. The quantitative estimate of drug-likeness (QED) is 0.851. The predicted molar refractivity (Wildman–Crippen MR) is 92.2 cm³/mol. The summed E-state index contributed by atoms with van der Waals surface area (Å²) < 4.78 is 1.71. The average Bonchev–Trinajstić information content (AvgIpc) is 3.20. The van der Waals surface area contributed by atoms with Crippen LogP contribution in [0.15, 0.2) is 29.2 Å². The minimum absolute atomic E-state index is 0.0772. The van der Waals surface area contributed by atoms with Crippen LogP contribution < -0.4 is 0 Å². The molecule has 0 bridgehead atoms. The van der Waals surface area contributed by atoms with Gasteiger partial charge in [0.1, 0.15) is 0 Å². The molecule has 2 aromatic rings. The highest BCUT2D eigenvalue weighted by Gasteiger charge is 2.40. The molecule has 2 aromatic heterocycles. The summed E-state index contributed by atoms with van der Waals surface area (Å²) in [5, 5.41) is 8.27. The molecule has 0 aromatic carbocycles. The Morgan fingerprint density at radius 3 is 2.88 bits per heavy atom. The normalized spacial score (nSPS) is 21.1. The second-order valence-electron chi connectivity index (χ2n) is 6.37. The minimum Gasteiger partial charge on any atom is -0.341 e. The van der Waals surface area contributed by atoms with Crippen molar-refractivity contribution < 1.29 is 9.59 Å². The fraction of sp³-hybridized carbons (Fsp3) is 0.471. The van der Waals surface area contributed by atoms with Crippen molar-refractivity contribution in [3.8, 4) is 0 Å². The van der Waals surface area contributed by atoms with Gasteiger partial charge in [0.2, 0.25) is 11.8 Å². The van der Waals surface area contributed by atoms with Crippen LogP contribution in [-0.2, 0) is 23.2 Å². The van der Waals surface area contributed by atoms with Crippen LogP contribution in [0.25, 0.3) is 0 Å². The number of hydrogen-bond donors (Lipinski definition) is 0. The van der Waals surface area contributed by atoms with Crippen molar-refractivity contribution in [1.29, 1.82) is 0 Å². The fourth-order valence-electron chi connectivity index (χ4n) is 3.36. The Labute approximate surface area is 145 Å². The molecule has 128 valence electrons. The molecule has 24 heavy (non-hydrogen) atoms. The highest BCUT2D eigenvalue weighted by atomic mass is 32.1. The van der Waals surface area contributed by atoms with Crippen LogP contribution in [0.5, 0.6) is 0 Å². The van der Waals surface area contributed by atoms with Gasteiger partial charge in [-0.3, -0.25) is 14.3 Å². The Hall–Kier alpha value is -2.15. The number of amides is 2. The van der Waals surface area contributed by atoms with E-state index in [2.05, 4.69) is 10.5 Å². The van der Waals surface area contributed by atoms with Gasteiger partial charge in [0.25, 0.3) is 0 Å². The molecule has 0 N–H and O–H groups in total. The van der Waals surface area contributed by atoms with Gasteiger partial charge in [-0.1, -0.05) is 0 Å². The minimum atomic E-state index is -0.252. The highest BCUT2D eigenvalue weighted by Crippen LogP contribution is 2.36. The number of likely N-dealkylation sites (tertiary alicyclic amines) is 1. The number of thiophene rings is 1. The van der Waals surface area contributed by atoms with Crippen molar-refractivity contribution in [2.75, 3.05) is 14.1 Å². The number of nitrogens with zero attached hydrogens (tertiary/aromatic N) is 4. The molecule has 0 spiro atoms. The first-order valence-corrected chi connectivity index (χ1v) is 8.92. The molecule has 6 nitrogen and oxygen atoms in total. The van der Waals surface area contributed by atoms with Crippen molar-refractivity contribution in [2.45, 2.75) is 25.4 Å². The summed E-state index contributed by atoms with van der Waals surface area (Å²) in [6.07, 6.45) is 4.63. The Balaban J connectivity index is 1.83.